The Kier molecular flexibility index (Phi) is 4.95. The highest BCUT2D eigenvalue weighted by Crippen LogP contribution is 2.37. The SMILES string of the molecule is Clc1ccc(C2CC(NCCCc3ccccc3)C2)cc1. The summed E-state index contributed by atoms with van der Waals surface area (Å²) in [7, 11) is 0. The number of benzene rings is 2. The number of halogens is 1. The first-order chi connectivity index (χ1) is 10.3. The summed E-state index contributed by atoms with van der Waals surface area (Å²) in [6, 6.07) is 19.7. The number of nitrogens with one attached hydrogen (secondary N) is 1. The van der Waals surface area contributed by atoms with Crippen LogP contribution in [0.5, 0.6) is 0 Å². The molecule has 2 aromatic rings. The molecule has 0 aromatic heterocycles. The third-order valence-electron chi connectivity index (χ3n) is 4.40. The van der Waals surface area contributed by atoms with Crippen molar-refractivity contribution in [2.75, 3.05) is 6.54 Å². The van der Waals surface area contributed by atoms with Crippen LogP contribution in [0.25, 0.3) is 0 Å². The number of rotatable bonds is 6. The number of aryl methyl sites for hydroxylation is 1. The Morgan fingerprint density at radius 1 is 0.952 bits per heavy atom. The Hall–Kier alpha value is -1.31. The van der Waals surface area contributed by atoms with Crippen LogP contribution >= 0.6 is 11.6 Å². The van der Waals surface area contributed by atoms with Gasteiger partial charge in [0.2, 0.25) is 0 Å². The van der Waals surface area contributed by atoms with Crippen LogP contribution in [-0.2, 0) is 6.42 Å². The molecule has 1 aliphatic rings. The van der Waals surface area contributed by atoms with E-state index in [9.17, 15) is 0 Å². The molecule has 1 fully saturated rings. The zero-order valence-electron chi connectivity index (χ0n) is 12.3. The van der Waals surface area contributed by atoms with Crippen LogP contribution in [0.3, 0.4) is 0 Å². The Bertz CT molecular complexity index is 544. The van der Waals surface area contributed by atoms with Gasteiger partial charge in [-0.1, -0.05) is 54.1 Å². The van der Waals surface area contributed by atoms with Gasteiger partial charge in [-0.3, -0.25) is 0 Å². The zero-order valence-corrected chi connectivity index (χ0v) is 13.0. The lowest BCUT2D eigenvalue weighted by Gasteiger charge is -2.36. The second-order valence-electron chi connectivity index (χ2n) is 5.96. The molecule has 0 unspecified atom stereocenters. The van der Waals surface area contributed by atoms with Gasteiger partial charge in [0.05, 0.1) is 0 Å². The molecule has 0 atom stereocenters. The van der Waals surface area contributed by atoms with E-state index in [1.807, 2.05) is 12.1 Å². The van der Waals surface area contributed by atoms with Gasteiger partial charge in [0.1, 0.15) is 0 Å². The van der Waals surface area contributed by atoms with Crippen molar-refractivity contribution in [1.82, 2.24) is 5.32 Å². The molecule has 2 heteroatoms. The van der Waals surface area contributed by atoms with Crippen LogP contribution in [0.4, 0.5) is 0 Å². The predicted octanol–water partition coefficient (Wildman–Crippen LogP) is 4.81. The van der Waals surface area contributed by atoms with Crippen LogP contribution in [0.1, 0.15) is 36.3 Å². The largest absolute Gasteiger partial charge is 0.314 e. The molecule has 0 amide bonds. The van der Waals surface area contributed by atoms with Crippen molar-refractivity contribution in [3.63, 3.8) is 0 Å². The van der Waals surface area contributed by atoms with E-state index < -0.39 is 0 Å². The second kappa shape index (κ2) is 7.11. The van der Waals surface area contributed by atoms with Crippen molar-refractivity contribution in [1.29, 1.82) is 0 Å². The van der Waals surface area contributed by atoms with E-state index in [1.165, 1.54) is 36.8 Å². The van der Waals surface area contributed by atoms with Crippen LogP contribution in [0.2, 0.25) is 5.02 Å². The first kappa shape index (κ1) is 14.6. The van der Waals surface area contributed by atoms with E-state index in [4.69, 9.17) is 11.6 Å². The van der Waals surface area contributed by atoms with Crippen molar-refractivity contribution >= 4 is 11.6 Å². The molecule has 3 rings (SSSR count). The summed E-state index contributed by atoms with van der Waals surface area (Å²) < 4.78 is 0. The Labute approximate surface area is 132 Å². The van der Waals surface area contributed by atoms with Gasteiger partial charge >= 0.3 is 0 Å². The van der Waals surface area contributed by atoms with E-state index in [1.54, 1.807) is 0 Å². The monoisotopic (exact) mass is 299 g/mol. The zero-order chi connectivity index (χ0) is 14.5. The molecule has 0 bridgehead atoms. The molecule has 0 radical (unpaired) electrons. The highest BCUT2D eigenvalue weighted by Gasteiger charge is 2.29. The fourth-order valence-electron chi connectivity index (χ4n) is 3.04. The lowest BCUT2D eigenvalue weighted by Crippen LogP contribution is -2.40. The second-order valence-corrected chi connectivity index (χ2v) is 6.40. The third kappa shape index (κ3) is 4.09. The van der Waals surface area contributed by atoms with Crippen LogP contribution in [0.15, 0.2) is 54.6 Å². The molecular formula is C19H22ClN. The first-order valence-electron chi connectivity index (χ1n) is 7.84. The Morgan fingerprint density at radius 2 is 1.67 bits per heavy atom. The minimum Gasteiger partial charge on any atom is -0.314 e. The number of hydrogen-bond acceptors (Lipinski definition) is 1. The summed E-state index contributed by atoms with van der Waals surface area (Å²) >= 11 is 5.93. The highest BCUT2D eigenvalue weighted by molar-refractivity contribution is 6.30. The van der Waals surface area contributed by atoms with Crippen molar-refractivity contribution < 1.29 is 0 Å². The van der Waals surface area contributed by atoms with E-state index >= 15 is 0 Å². The molecule has 1 aliphatic carbocycles. The molecule has 0 spiro atoms. The fourth-order valence-corrected chi connectivity index (χ4v) is 3.16. The minimum absolute atomic E-state index is 0.696. The van der Waals surface area contributed by atoms with Gasteiger partial charge in [-0.15, -0.1) is 0 Å². The molecule has 21 heavy (non-hydrogen) atoms. The summed E-state index contributed by atoms with van der Waals surface area (Å²) in [5.74, 6) is 0.717. The maximum atomic E-state index is 5.93. The molecular weight excluding hydrogens is 278 g/mol. The molecule has 0 saturated heterocycles. The Morgan fingerprint density at radius 3 is 2.38 bits per heavy atom. The van der Waals surface area contributed by atoms with Gasteiger partial charge in [0.15, 0.2) is 0 Å². The standard InChI is InChI=1S/C19H22ClN/c20-18-10-8-16(9-11-18)17-13-19(14-17)21-12-4-7-15-5-2-1-3-6-15/h1-3,5-6,8-11,17,19,21H,4,7,12-14H2. The highest BCUT2D eigenvalue weighted by atomic mass is 35.5. The summed E-state index contributed by atoms with van der Waals surface area (Å²) in [5, 5.41) is 4.50. The van der Waals surface area contributed by atoms with Crippen LogP contribution in [0, 0.1) is 0 Å². The predicted molar refractivity (Wildman–Crippen MR) is 90.0 cm³/mol. The average molecular weight is 300 g/mol. The molecule has 0 heterocycles. The number of hydrogen-bond donors (Lipinski definition) is 1. The fraction of sp³-hybridized carbons (Fsp3) is 0.368. The van der Waals surface area contributed by atoms with Crippen LogP contribution in [-0.4, -0.2) is 12.6 Å². The lowest BCUT2D eigenvalue weighted by atomic mass is 9.76. The van der Waals surface area contributed by atoms with Gasteiger partial charge in [-0.2, -0.15) is 0 Å². The van der Waals surface area contributed by atoms with E-state index in [0.717, 1.165) is 11.6 Å². The molecule has 110 valence electrons. The normalized spacial score (nSPS) is 21.0. The maximum Gasteiger partial charge on any atom is 0.0406 e. The minimum atomic E-state index is 0.696. The summed E-state index contributed by atoms with van der Waals surface area (Å²) in [4.78, 5) is 0. The molecule has 1 nitrogen and oxygen atoms in total. The van der Waals surface area contributed by atoms with E-state index in [2.05, 4.69) is 47.8 Å². The molecule has 0 aliphatic heterocycles. The van der Waals surface area contributed by atoms with Crippen molar-refractivity contribution in [3.8, 4) is 0 Å². The molecule has 2 aromatic carbocycles. The maximum absolute atomic E-state index is 5.93. The van der Waals surface area contributed by atoms with Gasteiger partial charge in [-0.25, -0.2) is 0 Å². The van der Waals surface area contributed by atoms with Crippen molar-refractivity contribution in [3.05, 3.63) is 70.7 Å². The van der Waals surface area contributed by atoms with Gasteiger partial charge < -0.3 is 5.32 Å². The van der Waals surface area contributed by atoms with Gasteiger partial charge in [0, 0.05) is 11.1 Å². The Balaban J connectivity index is 1.33. The quantitative estimate of drug-likeness (QED) is 0.755. The summed E-state index contributed by atoms with van der Waals surface area (Å²) in [6.07, 6.45) is 4.90. The summed E-state index contributed by atoms with van der Waals surface area (Å²) in [6.45, 7) is 1.12. The molecule has 1 N–H and O–H groups in total. The first-order valence-corrected chi connectivity index (χ1v) is 8.22. The topological polar surface area (TPSA) is 12.0 Å². The van der Waals surface area contributed by atoms with Crippen molar-refractivity contribution in [2.24, 2.45) is 0 Å². The summed E-state index contributed by atoms with van der Waals surface area (Å²) in [5.41, 5.74) is 2.87. The molecule has 1 saturated carbocycles. The average Bonchev–Trinajstić information content (AvgIpc) is 2.48. The van der Waals surface area contributed by atoms with E-state index in [0.29, 0.717) is 12.0 Å². The third-order valence-corrected chi connectivity index (χ3v) is 4.65. The van der Waals surface area contributed by atoms with E-state index in [-0.39, 0.29) is 0 Å². The van der Waals surface area contributed by atoms with Crippen LogP contribution < -0.4 is 5.32 Å². The van der Waals surface area contributed by atoms with Gasteiger partial charge in [0.25, 0.3) is 0 Å². The lowest BCUT2D eigenvalue weighted by molar-refractivity contribution is 0.291. The van der Waals surface area contributed by atoms with Gasteiger partial charge in [-0.05, 0) is 61.4 Å². The smallest absolute Gasteiger partial charge is 0.0406 e. The van der Waals surface area contributed by atoms with Crippen molar-refractivity contribution in [2.45, 2.75) is 37.6 Å².